The van der Waals surface area contributed by atoms with E-state index in [0.29, 0.717) is 5.06 Å². The lowest BCUT2D eigenvalue weighted by atomic mass is 9.87. The molecule has 26 heavy (non-hydrogen) atoms. The zero-order valence-electron chi connectivity index (χ0n) is 14.9. The summed E-state index contributed by atoms with van der Waals surface area (Å²) in [6, 6.07) is 0. The average molecular weight is 391 g/mol. The van der Waals surface area contributed by atoms with E-state index in [1.165, 1.54) is 27.9 Å². The van der Waals surface area contributed by atoms with E-state index >= 15 is 0 Å². The molecule has 0 aromatic rings. The number of nitrogens with zero attached hydrogens (tertiary/aromatic N) is 5. The Bertz CT molecular complexity index is 711. The van der Waals surface area contributed by atoms with Crippen molar-refractivity contribution in [3.63, 3.8) is 0 Å². The number of azide groups is 1. The second kappa shape index (κ2) is 8.34. The largest absolute Gasteiger partial charge is 0.534 e. The molecule has 1 fully saturated rings. The van der Waals surface area contributed by atoms with Crippen LogP contribution in [0.5, 0.6) is 0 Å². The molecule has 0 aromatic carbocycles. The van der Waals surface area contributed by atoms with E-state index in [2.05, 4.69) is 14.9 Å². The van der Waals surface area contributed by atoms with Crippen LogP contribution in [0, 0.1) is 5.41 Å². The second-order valence-corrected chi connectivity index (χ2v) is 8.70. The quantitative estimate of drug-likeness (QED) is 0.194. The van der Waals surface area contributed by atoms with Crippen LogP contribution in [0.1, 0.15) is 26.7 Å². The van der Waals surface area contributed by atoms with Crippen LogP contribution in [0.4, 0.5) is 4.79 Å². The highest BCUT2D eigenvalue weighted by Gasteiger charge is 2.39. The van der Waals surface area contributed by atoms with Gasteiger partial charge in [-0.15, -0.1) is 0 Å². The first-order valence-corrected chi connectivity index (χ1v) is 9.17. The van der Waals surface area contributed by atoms with Gasteiger partial charge in [0, 0.05) is 43.8 Å². The van der Waals surface area contributed by atoms with Crippen LogP contribution in [0.3, 0.4) is 0 Å². The van der Waals surface area contributed by atoms with Crippen molar-refractivity contribution in [3.05, 3.63) is 10.4 Å². The van der Waals surface area contributed by atoms with Gasteiger partial charge in [-0.05, 0) is 5.53 Å². The van der Waals surface area contributed by atoms with Crippen LogP contribution in [0.15, 0.2) is 5.11 Å². The summed E-state index contributed by atoms with van der Waals surface area (Å²) in [5.41, 5.74) is 7.42. The van der Waals surface area contributed by atoms with Crippen LogP contribution < -0.4 is 0 Å². The molecule has 0 radical (unpaired) electrons. The van der Waals surface area contributed by atoms with E-state index in [0.717, 1.165) is 4.31 Å². The Labute approximate surface area is 150 Å². The van der Waals surface area contributed by atoms with Crippen molar-refractivity contribution >= 4 is 28.0 Å². The predicted octanol–water partition coefficient (Wildman–Crippen LogP) is 0.800. The molecule has 1 aliphatic heterocycles. The van der Waals surface area contributed by atoms with Crippen molar-refractivity contribution in [2.75, 3.05) is 26.4 Å². The maximum atomic E-state index is 12.2. The molecule has 1 aliphatic rings. The molecule has 0 bridgehead atoms. The normalized spacial score (nSPS) is 16.4. The molecule has 0 saturated carbocycles. The molecule has 146 valence electrons. The van der Waals surface area contributed by atoms with Gasteiger partial charge in [-0.3, -0.25) is 14.4 Å². The van der Waals surface area contributed by atoms with Gasteiger partial charge in [0.1, 0.15) is 11.9 Å². The lowest BCUT2D eigenvalue weighted by Gasteiger charge is -2.32. The Kier molecular flexibility index (Phi) is 6.95. The third kappa shape index (κ3) is 5.58. The molecule has 12 nitrogen and oxygen atoms in total. The molecule has 1 atom stereocenters. The van der Waals surface area contributed by atoms with Crippen LogP contribution in [-0.4, -0.2) is 68.3 Å². The number of carbonyl (C=O) groups is 3. The Hall–Kier alpha value is -2.37. The molecule has 0 aromatic heterocycles. The maximum absolute atomic E-state index is 12.2. The minimum atomic E-state index is -3.78. The van der Waals surface area contributed by atoms with Gasteiger partial charge in [0.25, 0.3) is 11.8 Å². The number of hydroxylamine groups is 2. The monoisotopic (exact) mass is 391 g/mol. The highest BCUT2D eigenvalue weighted by Crippen LogP contribution is 2.27. The summed E-state index contributed by atoms with van der Waals surface area (Å²) in [5.74, 6) is -2.00. The molecule has 0 aliphatic carbocycles. The van der Waals surface area contributed by atoms with Crippen molar-refractivity contribution in [2.45, 2.75) is 32.8 Å². The van der Waals surface area contributed by atoms with Crippen molar-refractivity contribution in [1.29, 1.82) is 0 Å². The third-order valence-electron chi connectivity index (χ3n) is 3.74. The zero-order chi connectivity index (χ0) is 20.1. The first kappa shape index (κ1) is 21.7. The van der Waals surface area contributed by atoms with Crippen LogP contribution >= 0.6 is 0 Å². The molecule has 1 saturated heterocycles. The minimum Gasteiger partial charge on any atom is -0.428 e. The molecule has 0 N–H and O–H groups in total. The van der Waals surface area contributed by atoms with E-state index < -0.39 is 45.3 Å². The Balaban J connectivity index is 2.97. The van der Waals surface area contributed by atoms with Gasteiger partial charge in [-0.2, -0.15) is 0 Å². The highest BCUT2D eigenvalue weighted by atomic mass is 32.2. The van der Waals surface area contributed by atoms with Crippen molar-refractivity contribution in [3.8, 4) is 0 Å². The Morgan fingerprint density at radius 2 is 1.88 bits per heavy atom. The number of hydrogen-bond acceptors (Lipinski definition) is 8. The Morgan fingerprint density at radius 3 is 2.35 bits per heavy atom. The van der Waals surface area contributed by atoms with Gasteiger partial charge in [0.05, 0.1) is 0 Å². The minimum absolute atomic E-state index is 0.0903. The topological polar surface area (TPSA) is 159 Å². The molecule has 1 heterocycles. The van der Waals surface area contributed by atoms with Gasteiger partial charge in [0.2, 0.25) is 10.0 Å². The number of sulfonamides is 1. The van der Waals surface area contributed by atoms with E-state index in [9.17, 15) is 22.8 Å². The second-order valence-electron chi connectivity index (χ2n) is 6.47. The zero-order valence-corrected chi connectivity index (χ0v) is 15.7. The fourth-order valence-corrected chi connectivity index (χ4v) is 3.15. The molecule has 13 heteroatoms. The lowest BCUT2D eigenvalue weighted by Crippen LogP contribution is -2.45. The Morgan fingerprint density at radius 1 is 1.35 bits per heavy atom. The number of amides is 2. The van der Waals surface area contributed by atoms with Gasteiger partial charge >= 0.3 is 6.16 Å². The van der Waals surface area contributed by atoms with Gasteiger partial charge < -0.3 is 4.74 Å². The molecule has 0 spiro atoms. The first-order chi connectivity index (χ1) is 11.9. The van der Waals surface area contributed by atoms with Gasteiger partial charge in [-0.25, -0.2) is 17.5 Å². The molecule has 1 unspecified atom stereocenters. The molecule has 1 rings (SSSR count). The number of imide groups is 1. The number of hydrogen-bond donors (Lipinski definition) is 0. The van der Waals surface area contributed by atoms with Crippen molar-refractivity contribution in [2.24, 2.45) is 10.5 Å². The summed E-state index contributed by atoms with van der Waals surface area (Å²) in [4.78, 5) is 42.1. The van der Waals surface area contributed by atoms with Crippen LogP contribution in [-0.2, 0) is 29.2 Å². The van der Waals surface area contributed by atoms with Gasteiger partial charge in [-0.1, -0.05) is 24.0 Å². The van der Waals surface area contributed by atoms with E-state index in [1.54, 1.807) is 0 Å². The van der Waals surface area contributed by atoms with Crippen LogP contribution in [0.2, 0.25) is 0 Å². The summed E-state index contributed by atoms with van der Waals surface area (Å²) < 4.78 is 30.3. The summed E-state index contributed by atoms with van der Waals surface area (Å²) in [6.07, 6.45) is -2.85. The summed E-state index contributed by atoms with van der Waals surface area (Å²) >= 11 is 0. The van der Waals surface area contributed by atoms with Crippen molar-refractivity contribution < 1.29 is 32.4 Å². The van der Waals surface area contributed by atoms with Gasteiger partial charge in [0.15, 0.2) is 0 Å². The van der Waals surface area contributed by atoms with E-state index in [1.807, 2.05) is 0 Å². The lowest BCUT2D eigenvalue weighted by molar-refractivity contribution is -0.179. The number of ether oxygens (including phenoxy) is 1. The summed E-state index contributed by atoms with van der Waals surface area (Å²) in [6.45, 7) is 2.92. The van der Waals surface area contributed by atoms with Crippen LogP contribution in [0.25, 0.3) is 10.4 Å². The standard InChI is InChI=1S/C13H21N5O7S/c1-13(2,8-15-16-14)9(7-26(22,23)17(3)4)24-12(21)25-18-10(19)5-6-11(18)20/h9H,5-8H2,1-4H3. The fourth-order valence-electron chi connectivity index (χ4n) is 1.95. The molecular weight excluding hydrogens is 370 g/mol. The molecule has 2 amide bonds. The third-order valence-corrected chi connectivity index (χ3v) is 5.58. The molecular formula is C13H21N5O7S. The summed E-state index contributed by atoms with van der Waals surface area (Å²) in [7, 11) is -1.16. The summed E-state index contributed by atoms with van der Waals surface area (Å²) in [5, 5.41) is 3.69. The number of rotatable bonds is 8. The van der Waals surface area contributed by atoms with Crippen molar-refractivity contribution in [1.82, 2.24) is 9.37 Å². The smallest absolute Gasteiger partial charge is 0.428 e. The number of carbonyl (C=O) groups excluding carboxylic acids is 3. The SMILES string of the molecule is CN(C)S(=O)(=O)CC(OC(=O)ON1C(=O)CCC1=O)C(C)(C)CN=[N+]=[N-]. The first-order valence-electron chi connectivity index (χ1n) is 7.56. The van der Waals surface area contributed by atoms with E-state index in [4.69, 9.17) is 10.3 Å². The predicted molar refractivity (Wildman–Crippen MR) is 87.7 cm³/mol. The average Bonchev–Trinajstić information content (AvgIpc) is 2.84. The van der Waals surface area contributed by atoms with E-state index in [-0.39, 0.29) is 19.4 Å². The maximum Gasteiger partial charge on any atom is 0.534 e. The highest BCUT2D eigenvalue weighted by molar-refractivity contribution is 7.89. The fraction of sp³-hybridized carbons (Fsp3) is 0.769.